The summed E-state index contributed by atoms with van der Waals surface area (Å²) >= 11 is 0. The van der Waals surface area contributed by atoms with Crippen LogP contribution in [-0.4, -0.2) is 39.8 Å². The van der Waals surface area contributed by atoms with Crippen LogP contribution < -0.4 is 24.4 Å². The van der Waals surface area contributed by atoms with E-state index in [0.29, 0.717) is 0 Å². The number of benzene rings is 2. The third-order valence-corrected chi connectivity index (χ3v) is 6.10. The number of rotatable bonds is 8. The zero-order chi connectivity index (χ0) is 22.5. The van der Waals surface area contributed by atoms with Gasteiger partial charge in [-0.15, -0.1) is 0 Å². The highest BCUT2D eigenvalue weighted by atomic mass is 16.5. The number of hydrogen-bond donors (Lipinski definition) is 2. The van der Waals surface area contributed by atoms with Crippen molar-refractivity contribution in [2.24, 2.45) is 5.92 Å². The Balaban J connectivity index is 1.99. The van der Waals surface area contributed by atoms with E-state index in [1.165, 1.54) is 21.6 Å². The molecule has 168 valence electrons. The fraction of sp³-hybridized carbons (Fsp3) is 0.480. The molecule has 0 spiro atoms. The number of carbonyl (C=O) groups excluding carboxylic acids is 1. The molecule has 2 N–H and O–H groups in total. The molecule has 1 unspecified atom stereocenters. The van der Waals surface area contributed by atoms with Crippen molar-refractivity contribution in [1.29, 1.82) is 0 Å². The smallest absolute Gasteiger partial charge is 0.222 e. The number of quaternary nitrogens is 1. The zero-order valence-corrected chi connectivity index (χ0v) is 19.5. The van der Waals surface area contributed by atoms with E-state index >= 15 is 0 Å². The first-order valence-corrected chi connectivity index (χ1v) is 10.9. The molecule has 31 heavy (non-hydrogen) atoms. The van der Waals surface area contributed by atoms with Crippen LogP contribution in [0.1, 0.15) is 43.5 Å². The number of ether oxygens (including phenoxy) is 3. The molecule has 0 radical (unpaired) electrons. The molecule has 2 aromatic rings. The standard InChI is InChI=1S/C25H34N2O4/c1-16(2)25(28)26-17(3)24-21-14-23(31-6)22(30-5)13-19(21)10-11-27(24)15-18-8-7-9-20(12-18)29-4/h7-9,12-14,16-17,24H,10-11,15H2,1-6H3,(H,26,28)/p+1/t17-,24+/m0/s1. The molecule has 2 aromatic carbocycles. The summed E-state index contributed by atoms with van der Waals surface area (Å²) < 4.78 is 16.5. The van der Waals surface area contributed by atoms with E-state index in [0.717, 1.165) is 36.8 Å². The van der Waals surface area contributed by atoms with Gasteiger partial charge in [-0.1, -0.05) is 26.0 Å². The molecule has 0 saturated carbocycles. The Kier molecular flexibility index (Phi) is 7.44. The monoisotopic (exact) mass is 427 g/mol. The fourth-order valence-corrected chi connectivity index (χ4v) is 4.45. The van der Waals surface area contributed by atoms with Crippen LogP contribution in [0.2, 0.25) is 0 Å². The third-order valence-electron chi connectivity index (χ3n) is 6.10. The molecule has 0 saturated heterocycles. The van der Waals surface area contributed by atoms with E-state index in [9.17, 15) is 4.79 Å². The lowest BCUT2D eigenvalue weighted by Gasteiger charge is -2.38. The van der Waals surface area contributed by atoms with Crippen molar-refractivity contribution >= 4 is 5.91 Å². The van der Waals surface area contributed by atoms with Crippen LogP contribution in [0.25, 0.3) is 0 Å². The van der Waals surface area contributed by atoms with Crippen molar-refractivity contribution in [3.8, 4) is 17.2 Å². The van der Waals surface area contributed by atoms with Crippen LogP contribution in [0, 0.1) is 5.92 Å². The van der Waals surface area contributed by atoms with Crippen LogP contribution in [0.3, 0.4) is 0 Å². The van der Waals surface area contributed by atoms with Crippen LogP contribution >= 0.6 is 0 Å². The predicted molar refractivity (Wildman–Crippen MR) is 121 cm³/mol. The number of carbonyl (C=O) groups is 1. The highest BCUT2D eigenvalue weighted by Crippen LogP contribution is 2.35. The second-order valence-electron chi connectivity index (χ2n) is 8.52. The van der Waals surface area contributed by atoms with Gasteiger partial charge in [0.2, 0.25) is 5.91 Å². The maximum atomic E-state index is 12.5. The first kappa shape index (κ1) is 22.9. The van der Waals surface area contributed by atoms with Crippen molar-refractivity contribution < 1.29 is 23.9 Å². The average Bonchev–Trinajstić information content (AvgIpc) is 2.77. The highest BCUT2D eigenvalue weighted by molar-refractivity contribution is 5.78. The van der Waals surface area contributed by atoms with Gasteiger partial charge in [0.15, 0.2) is 11.5 Å². The Labute approximate surface area is 185 Å². The van der Waals surface area contributed by atoms with Gasteiger partial charge in [0.1, 0.15) is 18.3 Å². The van der Waals surface area contributed by atoms with Crippen molar-refractivity contribution in [1.82, 2.24) is 5.32 Å². The topological polar surface area (TPSA) is 61.2 Å². The molecule has 1 heterocycles. The molecule has 1 aliphatic rings. The SMILES string of the molecule is COc1cccc(C[NH+]2CCc3cc(OC)c(OC)cc3[C@H]2[C@H](C)NC(=O)C(C)C)c1. The van der Waals surface area contributed by atoms with Crippen molar-refractivity contribution in [3.63, 3.8) is 0 Å². The summed E-state index contributed by atoms with van der Waals surface area (Å²) in [7, 11) is 5.01. The van der Waals surface area contributed by atoms with E-state index < -0.39 is 0 Å². The minimum atomic E-state index is -0.0576. The van der Waals surface area contributed by atoms with Gasteiger partial charge < -0.3 is 24.4 Å². The van der Waals surface area contributed by atoms with E-state index in [2.05, 4.69) is 36.5 Å². The van der Waals surface area contributed by atoms with Gasteiger partial charge in [-0.3, -0.25) is 4.79 Å². The summed E-state index contributed by atoms with van der Waals surface area (Å²) in [5.74, 6) is 2.34. The lowest BCUT2D eigenvalue weighted by atomic mass is 9.87. The molecule has 0 bridgehead atoms. The molecule has 1 aliphatic heterocycles. The summed E-state index contributed by atoms with van der Waals surface area (Å²) in [4.78, 5) is 13.9. The lowest BCUT2D eigenvalue weighted by molar-refractivity contribution is -0.948. The molecule has 3 rings (SSSR count). The third kappa shape index (κ3) is 5.13. The highest BCUT2D eigenvalue weighted by Gasteiger charge is 2.37. The van der Waals surface area contributed by atoms with Gasteiger partial charge in [0.25, 0.3) is 0 Å². The Morgan fingerprint density at radius 3 is 2.42 bits per heavy atom. The Morgan fingerprint density at radius 2 is 1.77 bits per heavy atom. The largest absolute Gasteiger partial charge is 0.497 e. The number of nitrogens with one attached hydrogen (secondary N) is 2. The molecule has 3 atom stereocenters. The van der Waals surface area contributed by atoms with Crippen molar-refractivity contribution in [2.45, 2.75) is 45.8 Å². The second-order valence-corrected chi connectivity index (χ2v) is 8.52. The fourth-order valence-electron chi connectivity index (χ4n) is 4.45. The van der Waals surface area contributed by atoms with Gasteiger partial charge in [-0.2, -0.15) is 0 Å². The second kappa shape index (κ2) is 10.1. The van der Waals surface area contributed by atoms with E-state index in [1.807, 2.05) is 26.0 Å². The minimum absolute atomic E-state index is 0.0346. The maximum Gasteiger partial charge on any atom is 0.222 e. The van der Waals surface area contributed by atoms with Crippen LogP contribution in [-0.2, 0) is 17.8 Å². The quantitative estimate of drug-likeness (QED) is 0.680. The number of hydrogen-bond acceptors (Lipinski definition) is 4. The summed E-state index contributed by atoms with van der Waals surface area (Å²) in [6.07, 6.45) is 0.941. The van der Waals surface area contributed by atoms with Crippen molar-refractivity contribution in [3.05, 3.63) is 53.1 Å². The average molecular weight is 428 g/mol. The van der Waals surface area contributed by atoms with E-state index in [1.54, 1.807) is 21.3 Å². The van der Waals surface area contributed by atoms with Crippen LogP contribution in [0.5, 0.6) is 17.2 Å². The zero-order valence-electron chi connectivity index (χ0n) is 19.5. The lowest BCUT2D eigenvalue weighted by Crippen LogP contribution is -3.13. The molecule has 1 amide bonds. The summed E-state index contributed by atoms with van der Waals surface area (Å²) in [6, 6.07) is 12.4. The minimum Gasteiger partial charge on any atom is -0.497 e. The molecule has 6 heteroatoms. The number of methoxy groups -OCH3 is 3. The summed E-state index contributed by atoms with van der Waals surface area (Å²) in [6.45, 7) is 7.75. The molecule has 0 fully saturated rings. The first-order valence-electron chi connectivity index (χ1n) is 10.9. The van der Waals surface area contributed by atoms with Gasteiger partial charge in [-0.25, -0.2) is 0 Å². The van der Waals surface area contributed by atoms with Crippen LogP contribution in [0.15, 0.2) is 36.4 Å². The maximum absolute atomic E-state index is 12.5. The van der Waals surface area contributed by atoms with E-state index in [4.69, 9.17) is 14.2 Å². The molecule has 0 aromatic heterocycles. The van der Waals surface area contributed by atoms with Gasteiger partial charge in [0, 0.05) is 23.5 Å². The molecular weight excluding hydrogens is 392 g/mol. The molecule has 6 nitrogen and oxygen atoms in total. The number of amides is 1. The van der Waals surface area contributed by atoms with E-state index in [-0.39, 0.29) is 23.9 Å². The predicted octanol–water partition coefficient (Wildman–Crippen LogP) is 2.56. The molecular formula is C25H35N2O4+. The Morgan fingerprint density at radius 1 is 1.06 bits per heavy atom. The Hall–Kier alpha value is -2.73. The first-order chi connectivity index (χ1) is 14.9. The van der Waals surface area contributed by atoms with Gasteiger partial charge >= 0.3 is 0 Å². The normalized spacial score (nSPS) is 18.8. The molecule has 0 aliphatic carbocycles. The van der Waals surface area contributed by atoms with Crippen molar-refractivity contribution in [2.75, 3.05) is 27.9 Å². The number of fused-ring (bicyclic) bond motifs is 1. The summed E-state index contributed by atoms with van der Waals surface area (Å²) in [5, 5.41) is 3.24. The van der Waals surface area contributed by atoms with Crippen LogP contribution in [0.4, 0.5) is 0 Å². The van der Waals surface area contributed by atoms with Gasteiger partial charge in [0.05, 0.1) is 33.9 Å². The van der Waals surface area contributed by atoms with Gasteiger partial charge in [-0.05, 0) is 36.8 Å². The summed E-state index contributed by atoms with van der Waals surface area (Å²) in [5.41, 5.74) is 3.67. The Bertz CT molecular complexity index is 912.